The van der Waals surface area contributed by atoms with Crippen LogP contribution in [0.4, 0.5) is 5.69 Å². The summed E-state index contributed by atoms with van der Waals surface area (Å²) in [5.74, 6) is 1.17. The van der Waals surface area contributed by atoms with Gasteiger partial charge in [-0.25, -0.2) is 0 Å². The first-order valence-corrected chi connectivity index (χ1v) is 7.70. The molecular weight excluding hydrogens is 286 g/mol. The molecule has 7 heteroatoms. The Morgan fingerprint density at radius 1 is 1.38 bits per heavy atom. The van der Waals surface area contributed by atoms with Crippen molar-refractivity contribution in [3.05, 3.63) is 29.6 Å². The van der Waals surface area contributed by atoms with Crippen LogP contribution in [0.5, 0.6) is 0 Å². The smallest absolute Gasteiger partial charge is 0.234 e. The monoisotopic (exact) mass is 301 g/mol. The number of aromatic nitrogens is 4. The highest BCUT2D eigenvalue weighted by Crippen LogP contribution is 2.32. The van der Waals surface area contributed by atoms with Gasteiger partial charge in [0.15, 0.2) is 5.82 Å². The lowest BCUT2D eigenvalue weighted by atomic mass is 10.1. The molecule has 0 bridgehead atoms. The van der Waals surface area contributed by atoms with E-state index in [2.05, 4.69) is 21.4 Å². The number of rotatable bonds is 2. The van der Waals surface area contributed by atoms with E-state index in [1.54, 1.807) is 0 Å². The molecule has 1 aromatic carbocycles. The number of nitrogens with zero attached hydrogens (tertiary/aromatic N) is 4. The van der Waals surface area contributed by atoms with Crippen molar-refractivity contribution in [3.63, 3.8) is 0 Å². The highest BCUT2D eigenvalue weighted by molar-refractivity contribution is 7.19. The molecule has 6 nitrogen and oxygen atoms in total. The average molecular weight is 301 g/mol. The maximum atomic E-state index is 6.07. The maximum absolute atomic E-state index is 6.07. The van der Waals surface area contributed by atoms with E-state index in [1.165, 1.54) is 11.3 Å². The lowest BCUT2D eigenvalue weighted by Crippen LogP contribution is -2.04. The fourth-order valence-corrected chi connectivity index (χ4v) is 3.47. The van der Waals surface area contributed by atoms with Crippen molar-refractivity contribution in [1.29, 1.82) is 0 Å². The van der Waals surface area contributed by atoms with Crippen LogP contribution in [0.2, 0.25) is 0 Å². The van der Waals surface area contributed by atoms with Crippen molar-refractivity contribution in [1.82, 2.24) is 19.8 Å². The van der Waals surface area contributed by atoms with Gasteiger partial charge in [-0.05, 0) is 25.5 Å². The van der Waals surface area contributed by atoms with Crippen LogP contribution >= 0.6 is 11.3 Å². The van der Waals surface area contributed by atoms with Crippen LogP contribution < -0.4 is 5.73 Å². The predicted molar refractivity (Wildman–Crippen MR) is 81.4 cm³/mol. The lowest BCUT2D eigenvalue weighted by Gasteiger charge is -2.03. The van der Waals surface area contributed by atoms with Gasteiger partial charge in [-0.1, -0.05) is 23.0 Å². The molecule has 1 aliphatic heterocycles. The quantitative estimate of drug-likeness (QED) is 0.734. The summed E-state index contributed by atoms with van der Waals surface area (Å²) in [6.45, 7) is 3.52. The lowest BCUT2D eigenvalue weighted by molar-refractivity contribution is 0.193. The van der Waals surface area contributed by atoms with Crippen molar-refractivity contribution in [2.45, 2.75) is 19.3 Å². The first-order chi connectivity index (χ1) is 10.2. The molecule has 0 aliphatic carbocycles. The summed E-state index contributed by atoms with van der Waals surface area (Å²) in [5.41, 5.74) is 8.93. The Morgan fingerprint density at radius 2 is 2.29 bits per heavy atom. The van der Waals surface area contributed by atoms with Gasteiger partial charge in [-0.3, -0.25) is 0 Å². The maximum Gasteiger partial charge on any atom is 0.234 e. The van der Waals surface area contributed by atoms with Gasteiger partial charge in [0.25, 0.3) is 0 Å². The van der Waals surface area contributed by atoms with E-state index in [-0.39, 0.29) is 5.92 Å². The zero-order chi connectivity index (χ0) is 14.4. The van der Waals surface area contributed by atoms with Gasteiger partial charge in [0, 0.05) is 23.8 Å². The van der Waals surface area contributed by atoms with Crippen LogP contribution in [0.15, 0.2) is 18.2 Å². The largest absolute Gasteiger partial charge is 0.398 e. The predicted octanol–water partition coefficient (Wildman–Crippen LogP) is 2.25. The van der Waals surface area contributed by atoms with Gasteiger partial charge in [-0.2, -0.15) is 9.61 Å². The van der Waals surface area contributed by atoms with Gasteiger partial charge < -0.3 is 10.5 Å². The molecule has 0 saturated carbocycles. The molecule has 3 heterocycles. The first-order valence-electron chi connectivity index (χ1n) is 6.89. The molecule has 108 valence electrons. The number of nitrogens with two attached hydrogens (primary N) is 1. The van der Waals surface area contributed by atoms with Crippen molar-refractivity contribution >= 4 is 22.0 Å². The Hall–Kier alpha value is -1.99. The van der Waals surface area contributed by atoms with Crippen LogP contribution in [0.3, 0.4) is 0 Å². The molecular formula is C14H15N5OS. The molecule has 0 radical (unpaired) electrons. The molecule has 1 atom stereocenters. The van der Waals surface area contributed by atoms with Crippen LogP contribution in [0.1, 0.15) is 23.7 Å². The fraction of sp³-hybridized carbons (Fsp3) is 0.357. The Balaban J connectivity index is 1.82. The van der Waals surface area contributed by atoms with Crippen molar-refractivity contribution < 1.29 is 4.74 Å². The Morgan fingerprint density at radius 3 is 3.10 bits per heavy atom. The summed E-state index contributed by atoms with van der Waals surface area (Å²) >= 11 is 1.51. The number of hydrogen-bond donors (Lipinski definition) is 1. The Bertz CT molecular complexity index is 803. The molecule has 1 aliphatic rings. The highest BCUT2D eigenvalue weighted by atomic mass is 32.1. The van der Waals surface area contributed by atoms with Crippen molar-refractivity contribution in [2.75, 3.05) is 18.9 Å². The normalized spacial score (nSPS) is 18.6. The number of hydrogen-bond acceptors (Lipinski definition) is 6. The number of nitrogen functional groups attached to an aromatic ring is 1. The van der Waals surface area contributed by atoms with Crippen LogP contribution in [0.25, 0.3) is 15.5 Å². The number of benzene rings is 1. The average Bonchev–Trinajstić information content (AvgIpc) is 3.15. The van der Waals surface area contributed by atoms with E-state index in [0.29, 0.717) is 6.61 Å². The fourth-order valence-electron chi connectivity index (χ4n) is 2.59. The Kier molecular flexibility index (Phi) is 2.90. The second-order valence-electron chi connectivity index (χ2n) is 5.31. The third-order valence-electron chi connectivity index (χ3n) is 3.75. The van der Waals surface area contributed by atoms with Crippen LogP contribution in [-0.2, 0) is 4.74 Å². The van der Waals surface area contributed by atoms with Crippen molar-refractivity contribution in [2.24, 2.45) is 0 Å². The van der Waals surface area contributed by atoms with Crippen LogP contribution in [0, 0.1) is 6.92 Å². The van der Waals surface area contributed by atoms with Gasteiger partial charge in [0.1, 0.15) is 5.01 Å². The minimum Gasteiger partial charge on any atom is -0.398 e. The van der Waals surface area contributed by atoms with Crippen LogP contribution in [-0.4, -0.2) is 33.0 Å². The minimum atomic E-state index is 0.282. The number of anilines is 1. The van der Waals surface area contributed by atoms with E-state index >= 15 is 0 Å². The molecule has 0 amide bonds. The zero-order valence-corrected chi connectivity index (χ0v) is 12.4. The summed E-state index contributed by atoms with van der Waals surface area (Å²) in [7, 11) is 0. The molecule has 2 N–H and O–H groups in total. The zero-order valence-electron chi connectivity index (χ0n) is 11.6. The van der Waals surface area contributed by atoms with Crippen molar-refractivity contribution in [3.8, 4) is 10.6 Å². The second kappa shape index (κ2) is 4.78. The number of aryl methyl sites for hydroxylation is 1. The van der Waals surface area contributed by atoms with E-state index < -0.39 is 0 Å². The standard InChI is InChI=1S/C14H15N5OS/c1-8-2-3-11(15)10(6-8)13-18-19-12(9-4-5-20-7-9)16-17-14(19)21-13/h2-3,6,9H,4-5,7,15H2,1H3. The molecule has 1 unspecified atom stereocenters. The van der Waals surface area contributed by atoms with Gasteiger partial charge >= 0.3 is 0 Å². The van der Waals surface area contributed by atoms with E-state index in [1.807, 2.05) is 23.6 Å². The Labute approximate surface area is 125 Å². The van der Waals surface area contributed by atoms with E-state index in [4.69, 9.17) is 10.5 Å². The summed E-state index contributed by atoms with van der Waals surface area (Å²) in [6.07, 6.45) is 0.972. The summed E-state index contributed by atoms with van der Waals surface area (Å²) in [4.78, 5) is 0.799. The third kappa shape index (κ3) is 2.09. The van der Waals surface area contributed by atoms with E-state index in [9.17, 15) is 0 Å². The molecule has 1 fully saturated rings. The SMILES string of the molecule is Cc1ccc(N)c(-c2nn3c(C4CCOC4)nnc3s2)c1. The number of ether oxygens (including phenoxy) is 1. The molecule has 21 heavy (non-hydrogen) atoms. The molecule has 0 spiro atoms. The molecule has 3 aromatic rings. The van der Waals surface area contributed by atoms with Gasteiger partial charge in [0.05, 0.1) is 6.61 Å². The minimum absolute atomic E-state index is 0.282. The molecule has 2 aromatic heterocycles. The third-order valence-corrected chi connectivity index (χ3v) is 4.68. The number of fused-ring (bicyclic) bond motifs is 1. The highest BCUT2D eigenvalue weighted by Gasteiger charge is 2.25. The molecule has 1 saturated heterocycles. The van der Waals surface area contributed by atoms with Gasteiger partial charge in [-0.15, -0.1) is 10.2 Å². The topological polar surface area (TPSA) is 78.3 Å². The first kappa shape index (κ1) is 12.7. The summed E-state index contributed by atoms with van der Waals surface area (Å²) < 4.78 is 7.27. The summed E-state index contributed by atoms with van der Waals surface area (Å²) in [5, 5.41) is 14.0. The summed E-state index contributed by atoms with van der Waals surface area (Å²) in [6, 6.07) is 5.97. The second-order valence-corrected chi connectivity index (χ2v) is 6.27. The molecule has 4 rings (SSSR count). The van der Waals surface area contributed by atoms with E-state index in [0.717, 1.165) is 45.6 Å². The van der Waals surface area contributed by atoms with Gasteiger partial charge in [0.2, 0.25) is 4.96 Å².